The van der Waals surface area contributed by atoms with Gasteiger partial charge in [0.15, 0.2) is 0 Å². The predicted octanol–water partition coefficient (Wildman–Crippen LogP) is 1.63. The second-order valence-corrected chi connectivity index (χ2v) is 4.67. The maximum atomic E-state index is 11.9. The molecule has 1 aromatic carbocycles. The predicted molar refractivity (Wildman–Crippen MR) is 77.8 cm³/mol. The number of benzene rings is 1. The zero-order chi connectivity index (χ0) is 13.7. The van der Waals surface area contributed by atoms with Gasteiger partial charge in [0.25, 0.3) is 5.69 Å². The Balaban J connectivity index is 0.00000200. The number of rotatable bonds is 4. The van der Waals surface area contributed by atoms with Crippen LogP contribution in [0.2, 0.25) is 0 Å². The fourth-order valence-corrected chi connectivity index (χ4v) is 2.15. The van der Waals surface area contributed by atoms with Crippen molar-refractivity contribution in [1.82, 2.24) is 10.6 Å². The van der Waals surface area contributed by atoms with E-state index in [0.717, 1.165) is 31.5 Å². The molecule has 110 valence electrons. The van der Waals surface area contributed by atoms with Gasteiger partial charge in [-0.1, -0.05) is 12.1 Å². The molecule has 2 N–H and O–H groups in total. The molecule has 0 aliphatic carbocycles. The highest BCUT2D eigenvalue weighted by atomic mass is 35.5. The summed E-state index contributed by atoms with van der Waals surface area (Å²) in [5, 5.41) is 16.6. The highest BCUT2D eigenvalue weighted by Gasteiger charge is 2.20. The van der Waals surface area contributed by atoms with Crippen LogP contribution >= 0.6 is 12.4 Å². The van der Waals surface area contributed by atoms with E-state index in [-0.39, 0.29) is 29.9 Å². The Hall–Kier alpha value is -1.66. The number of hydrogen-bond acceptors (Lipinski definition) is 4. The first-order chi connectivity index (χ1) is 9.16. The summed E-state index contributed by atoms with van der Waals surface area (Å²) < 4.78 is 0. The molecule has 7 heteroatoms. The minimum atomic E-state index is -0.433. The molecule has 0 aromatic heterocycles. The summed E-state index contributed by atoms with van der Waals surface area (Å²) in [5.74, 6) is 0.152. The Morgan fingerprint density at radius 3 is 2.45 bits per heavy atom. The van der Waals surface area contributed by atoms with Crippen molar-refractivity contribution in [3.8, 4) is 0 Å². The largest absolute Gasteiger partial charge is 0.352 e. The summed E-state index contributed by atoms with van der Waals surface area (Å²) in [6, 6.07) is 6.24. The second-order valence-electron chi connectivity index (χ2n) is 4.67. The Labute approximate surface area is 123 Å². The number of hydrogen-bond donors (Lipinski definition) is 2. The molecular formula is C13H18ClN3O3. The van der Waals surface area contributed by atoms with E-state index in [1.165, 1.54) is 12.1 Å². The summed E-state index contributed by atoms with van der Waals surface area (Å²) in [4.78, 5) is 22.0. The first-order valence-electron chi connectivity index (χ1n) is 6.38. The lowest BCUT2D eigenvalue weighted by molar-refractivity contribution is -0.384. The average molecular weight is 300 g/mol. The van der Waals surface area contributed by atoms with Crippen LogP contribution in [-0.2, 0) is 11.3 Å². The third kappa shape index (κ3) is 4.47. The molecule has 1 aliphatic rings. The first kappa shape index (κ1) is 16.4. The molecule has 2 rings (SSSR count). The van der Waals surface area contributed by atoms with Crippen molar-refractivity contribution in [3.05, 3.63) is 39.9 Å². The molecule has 1 aromatic rings. The van der Waals surface area contributed by atoms with E-state index in [1.807, 2.05) is 0 Å². The van der Waals surface area contributed by atoms with Gasteiger partial charge in [-0.3, -0.25) is 14.9 Å². The number of nitrogens with one attached hydrogen (secondary N) is 2. The van der Waals surface area contributed by atoms with Gasteiger partial charge in [0.1, 0.15) is 0 Å². The summed E-state index contributed by atoms with van der Waals surface area (Å²) in [6.07, 6.45) is 1.73. The maximum absolute atomic E-state index is 11.9. The Kier molecular flexibility index (Phi) is 6.41. The lowest BCUT2D eigenvalue weighted by atomic mass is 9.97. The topological polar surface area (TPSA) is 84.3 Å². The van der Waals surface area contributed by atoms with Crippen LogP contribution in [0.25, 0.3) is 0 Å². The standard InChI is InChI=1S/C13H17N3O3.ClH/c17-13(11-5-7-14-8-6-11)15-9-10-1-3-12(4-2-10)16(18)19;/h1-4,11,14H,5-9H2,(H,15,17);1H. The third-order valence-corrected chi connectivity index (χ3v) is 3.32. The molecule has 1 aliphatic heterocycles. The van der Waals surface area contributed by atoms with Crippen molar-refractivity contribution in [3.63, 3.8) is 0 Å². The molecule has 0 atom stereocenters. The number of halogens is 1. The van der Waals surface area contributed by atoms with Gasteiger partial charge in [0, 0.05) is 24.6 Å². The monoisotopic (exact) mass is 299 g/mol. The van der Waals surface area contributed by atoms with Crippen LogP contribution in [0.5, 0.6) is 0 Å². The smallest absolute Gasteiger partial charge is 0.269 e. The zero-order valence-corrected chi connectivity index (χ0v) is 11.8. The number of carbonyl (C=O) groups excluding carboxylic acids is 1. The quantitative estimate of drug-likeness (QED) is 0.654. The molecule has 1 amide bonds. The zero-order valence-electron chi connectivity index (χ0n) is 11.0. The number of nitrogens with zero attached hydrogens (tertiary/aromatic N) is 1. The first-order valence-corrected chi connectivity index (χ1v) is 6.38. The van der Waals surface area contributed by atoms with E-state index in [9.17, 15) is 14.9 Å². The van der Waals surface area contributed by atoms with Crippen molar-refractivity contribution in [1.29, 1.82) is 0 Å². The lowest BCUT2D eigenvalue weighted by Crippen LogP contribution is -2.37. The molecule has 0 saturated carbocycles. The van der Waals surface area contributed by atoms with Crippen LogP contribution in [0.15, 0.2) is 24.3 Å². The van der Waals surface area contributed by atoms with E-state index in [0.29, 0.717) is 6.54 Å². The normalized spacial score (nSPS) is 15.2. The molecule has 6 nitrogen and oxygen atoms in total. The summed E-state index contributed by atoms with van der Waals surface area (Å²) in [6.45, 7) is 2.19. The highest BCUT2D eigenvalue weighted by Crippen LogP contribution is 2.13. The van der Waals surface area contributed by atoms with Crippen molar-refractivity contribution >= 4 is 24.0 Å². The van der Waals surface area contributed by atoms with Crippen molar-refractivity contribution in [2.45, 2.75) is 19.4 Å². The molecule has 0 bridgehead atoms. The van der Waals surface area contributed by atoms with Gasteiger partial charge in [0.2, 0.25) is 5.91 Å². The van der Waals surface area contributed by atoms with Gasteiger partial charge in [-0.25, -0.2) is 0 Å². The van der Waals surface area contributed by atoms with Crippen LogP contribution in [0, 0.1) is 16.0 Å². The Morgan fingerprint density at radius 2 is 1.90 bits per heavy atom. The van der Waals surface area contributed by atoms with Crippen LogP contribution in [0.3, 0.4) is 0 Å². The summed E-state index contributed by atoms with van der Waals surface area (Å²) >= 11 is 0. The van der Waals surface area contributed by atoms with E-state index in [4.69, 9.17) is 0 Å². The number of amides is 1. The third-order valence-electron chi connectivity index (χ3n) is 3.32. The number of carbonyl (C=O) groups is 1. The van der Waals surface area contributed by atoms with E-state index in [1.54, 1.807) is 12.1 Å². The molecule has 1 saturated heterocycles. The molecule has 1 fully saturated rings. The molecule has 20 heavy (non-hydrogen) atoms. The number of piperidine rings is 1. The molecule has 0 unspecified atom stereocenters. The Bertz CT molecular complexity index is 458. The molecule has 0 spiro atoms. The lowest BCUT2D eigenvalue weighted by Gasteiger charge is -2.21. The van der Waals surface area contributed by atoms with Gasteiger partial charge in [-0.15, -0.1) is 12.4 Å². The van der Waals surface area contributed by atoms with Crippen molar-refractivity contribution < 1.29 is 9.72 Å². The molecule has 1 heterocycles. The Morgan fingerprint density at radius 1 is 1.30 bits per heavy atom. The van der Waals surface area contributed by atoms with Gasteiger partial charge < -0.3 is 10.6 Å². The minimum Gasteiger partial charge on any atom is -0.352 e. The van der Waals surface area contributed by atoms with Gasteiger partial charge in [-0.05, 0) is 31.5 Å². The van der Waals surface area contributed by atoms with Crippen LogP contribution in [-0.4, -0.2) is 23.9 Å². The number of nitro groups is 1. The van der Waals surface area contributed by atoms with E-state index in [2.05, 4.69) is 10.6 Å². The highest BCUT2D eigenvalue weighted by molar-refractivity contribution is 5.85. The second kappa shape index (κ2) is 7.81. The number of nitro benzene ring substituents is 1. The van der Waals surface area contributed by atoms with E-state index >= 15 is 0 Å². The fourth-order valence-electron chi connectivity index (χ4n) is 2.15. The van der Waals surface area contributed by atoms with Crippen molar-refractivity contribution in [2.75, 3.05) is 13.1 Å². The van der Waals surface area contributed by atoms with E-state index < -0.39 is 4.92 Å². The van der Waals surface area contributed by atoms with Crippen molar-refractivity contribution in [2.24, 2.45) is 5.92 Å². The molecular weight excluding hydrogens is 282 g/mol. The van der Waals surface area contributed by atoms with Crippen LogP contribution in [0.1, 0.15) is 18.4 Å². The van der Waals surface area contributed by atoms with Crippen LogP contribution in [0.4, 0.5) is 5.69 Å². The van der Waals surface area contributed by atoms with Gasteiger partial charge >= 0.3 is 0 Å². The summed E-state index contributed by atoms with van der Waals surface area (Å²) in [5.41, 5.74) is 0.932. The van der Waals surface area contributed by atoms with Crippen LogP contribution < -0.4 is 10.6 Å². The SMILES string of the molecule is Cl.O=C(NCc1ccc([N+](=O)[O-])cc1)C1CCNCC1. The molecule has 0 radical (unpaired) electrons. The number of non-ortho nitro benzene ring substituents is 1. The average Bonchev–Trinajstić information content (AvgIpc) is 2.46. The fraction of sp³-hybridized carbons (Fsp3) is 0.462. The van der Waals surface area contributed by atoms with Gasteiger partial charge in [-0.2, -0.15) is 0 Å². The summed E-state index contributed by atoms with van der Waals surface area (Å²) in [7, 11) is 0. The maximum Gasteiger partial charge on any atom is 0.269 e. The van der Waals surface area contributed by atoms with Gasteiger partial charge in [0.05, 0.1) is 4.92 Å². The minimum absolute atomic E-state index is 0.